The fourth-order valence-electron chi connectivity index (χ4n) is 2.98. The lowest BCUT2D eigenvalue weighted by Gasteiger charge is -2.39. The first kappa shape index (κ1) is 17.1. The van der Waals surface area contributed by atoms with E-state index in [-0.39, 0.29) is 17.9 Å². The van der Waals surface area contributed by atoms with E-state index >= 15 is 0 Å². The molecule has 3 rings (SSSR count). The number of amides is 2. The number of piperazine rings is 1. The molecule has 6 heteroatoms. The van der Waals surface area contributed by atoms with Gasteiger partial charge < -0.3 is 9.80 Å². The molecule has 6 nitrogen and oxygen atoms in total. The normalized spacial score (nSPS) is 17.5. The van der Waals surface area contributed by atoms with E-state index in [1.165, 1.54) is 0 Å². The van der Waals surface area contributed by atoms with Crippen molar-refractivity contribution in [3.05, 3.63) is 59.2 Å². The van der Waals surface area contributed by atoms with Gasteiger partial charge >= 0.3 is 0 Å². The zero-order valence-corrected chi connectivity index (χ0v) is 14.8. The van der Waals surface area contributed by atoms with E-state index in [0.29, 0.717) is 30.8 Å². The van der Waals surface area contributed by atoms with Gasteiger partial charge in [-0.15, -0.1) is 0 Å². The van der Waals surface area contributed by atoms with Crippen molar-refractivity contribution in [2.75, 3.05) is 19.6 Å². The Hall–Kier alpha value is -2.76. The van der Waals surface area contributed by atoms with Crippen molar-refractivity contribution in [3.63, 3.8) is 0 Å². The number of carbonyl (C=O) groups is 2. The van der Waals surface area contributed by atoms with Crippen molar-refractivity contribution in [1.82, 2.24) is 19.8 Å². The largest absolute Gasteiger partial charge is 0.335 e. The molecule has 2 amide bonds. The van der Waals surface area contributed by atoms with Crippen molar-refractivity contribution < 1.29 is 9.59 Å². The molecule has 1 aliphatic heterocycles. The maximum Gasteiger partial charge on any atom is 0.255 e. The number of carbonyl (C=O) groups excluding carboxylic acids is 2. The minimum absolute atomic E-state index is 0.0379. The Labute approximate surface area is 147 Å². The van der Waals surface area contributed by atoms with Crippen LogP contribution in [0.5, 0.6) is 0 Å². The van der Waals surface area contributed by atoms with Gasteiger partial charge in [0.05, 0.1) is 11.1 Å². The maximum atomic E-state index is 12.7. The average Bonchev–Trinajstić information content (AvgIpc) is 2.62. The number of hydrogen-bond donors (Lipinski definition) is 0. The van der Waals surface area contributed by atoms with Gasteiger partial charge in [-0.05, 0) is 45.0 Å². The Kier molecular flexibility index (Phi) is 4.79. The second-order valence-corrected chi connectivity index (χ2v) is 6.48. The summed E-state index contributed by atoms with van der Waals surface area (Å²) in [5.74, 6) is -0.0763. The van der Waals surface area contributed by atoms with Gasteiger partial charge in [-0.2, -0.15) is 0 Å². The zero-order chi connectivity index (χ0) is 18.0. The topological polar surface area (TPSA) is 66.4 Å². The Bertz CT molecular complexity index is 771. The van der Waals surface area contributed by atoms with E-state index in [9.17, 15) is 9.59 Å². The summed E-state index contributed by atoms with van der Waals surface area (Å²) in [6.07, 6.45) is 3.22. The Balaban J connectivity index is 1.67. The van der Waals surface area contributed by atoms with Gasteiger partial charge in [-0.3, -0.25) is 19.6 Å². The van der Waals surface area contributed by atoms with Gasteiger partial charge in [0.25, 0.3) is 11.8 Å². The predicted molar refractivity (Wildman–Crippen MR) is 94.4 cm³/mol. The number of nitrogens with zero attached hydrogens (tertiary/aromatic N) is 4. The molecule has 2 aromatic heterocycles. The number of aromatic nitrogens is 2. The second kappa shape index (κ2) is 7.01. The molecule has 2 aromatic rings. The molecule has 1 atom stereocenters. The lowest BCUT2D eigenvalue weighted by atomic mass is 10.1. The van der Waals surface area contributed by atoms with Crippen LogP contribution in [0.3, 0.4) is 0 Å². The molecule has 0 bridgehead atoms. The molecule has 3 heterocycles. The Morgan fingerprint density at radius 3 is 1.96 bits per heavy atom. The Morgan fingerprint density at radius 2 is 1.48 bits per heavy atom. The number of pyridine rings is 2. The number of hydrogen-bond acceptors (Lipinski definition) is 4. The highest BCUT2D eigenvalue weighted by molar-refractivity contribution is 5.95. The van der Waals surface area contributed by atoms with E-state index in [1.54, 1.807) is 29.4 Å². The first-order valence-corrected chi connectivity index (χ1v) is 8.41. The van der Waals surface area contributed by atoms with Crippen LogP contribution in [0.4, 0.5) is 0 Å². The van der Waals surface area contributed by atoms with E-state index in [4.69, 9.17) is 0 Å². The quantitative estimate of drug-likeness (QED) is 0.841. The summed E-state index contributed by atoms with van der Waals surface area (Å²) in [5.41, 5.74) is 2.93. The van der Waals surface area contributed by atoms with Gasteiger partial charge in [-0.25, -0.2) is 0 Å². The predicted octanol–water partition coefficient (Wildman–Crippen LogP) is 2.08. The minimum atomic E-state index is -0.0510. The van der Waals surface area contributed by atoms with Crippen molar-refractivity contribution >= 4 is 11.8 Å². The molecule has 1 fully saturated rings. The van der Waals surface area contributed by atoms with Crippen LogP contribution < -0.4 is 0 Å². The maximum absolute atomic E-state index is 12.7. The summed E-state index contributed by atoms with van der Waals surface area (Å²) in [5, 5.41) is 0. The van der Waals surface area contributed by atoms with Crippen LogP contribution >= 0.6 is 0 Å². The van der Waals surface area contributed by atoms with Crippen molar-refractivity contribution in [1.29, 1.82) is 0 Å². The summed E-state index contributed by atoms with van der Waals surface area (Å²) >= 11 is 0. The van der Waals surface area contributed by atoms with Crippen LogP contribution in [0.25, 0.3) is 0 Å². The monoisotopic (exact) mass is 338 g/mol. The third-order valence-electron chi connectivity index (χ3n) is 4.49. The second-order valence-electron chi connectivity index (χ2n) is 6.48. The zero-order valence-electron chi connectivity index (χ0n) is 14.8. The molecule has 1 saturated heterocycles. The highest BCUT2D eigenvalue weighted by Gasteiger charge is 2.30. The molecule has 130 valence electrons. The highest BCUT2D eigenvalue weighted by atomic mass is 16.2. The van der Waals surface area contributed by atoms with Gasteiger partial charge in [0.2, 0.25) is 0 Å². The molecule has 0 N–H and O–H groups in total. The first-order valence-electron chi connectivity index (χ1n) is 8.41. The van der Waals surface area contributed by atoms with E-state index in [0.717, 1.165) is 11.4 Å². The summed E-state index contributed by atoms with van der Waals surface area (Å²) < 4.78 is 0. The molecule has 1 aliphatic rings. The molecule has 0 saturated carbocycles. The van der Waals surface area contributed by atoms with Gasteiger partial charge in [0.15, 0.2) is 0 Å². The van der Waals surface area contributed by atoms with E-state index < -0.39 is 0 Å². The third-order valence-corrected chi connectivity index (χ3v) is 4.49. The summed E-state index contributed by atoms with van der Waals surface area (Å²) in [4.78, 5) is 37.3. The molecule has 0 unspecified atom stereocenters. The van der Waals surface area contributed by atoms with E-state index in [2.05, 4.69) is 9.97 Å². The Morgan fingerprint density at radius 1 is 0.920 bits per heavy atom. The van der Waals surface area contributed by atoms with Crippen LogP contribution in [-0.4, -0.2) is 57.3 Å². The fraction of sp³-hybridized carbons (Fsp3) is 0.368. The summed E-state index contributed by atoms with van der Waals surface area (Å²) in [6, 6.07) is 7.21. The molecular weight excluding hydrogens is 316 g/mol. The van der Waals surface area contributed by atoms with Crippen molar-refractivity contribution in [2.45, 2.75) is 26.8 Å². The van der Waals surface area contributed by atoms with Crippen LogP contribution in [0, 0.1) is 13.8 Å². The molecule has 0 radical (unpaired) electrons. The van der Waals surface area contributed by atoms with Crippen LogP contribution in [0.1, 0.15) is 39.0 Å². The van der Waals surface area contributed by atoms with Crippen molar-refractivity contribution in [3.8, 4) is 0 Å². The van der Waals surface area contributed by atoms with Crippen molar-refractivity contribution in [2.24, 2.45) is 0 Å². The van der Waals surface area contributed by atoms with E-state index in [1.807, 2.05) is 37.8 Å². The fourth-order valence-corrected chi connectivity index (χ4v) is 2.98. The molecule has 25 heavy (non-hydrogen) atoms. The van der Waals surface area contributed by atoms with Crippen LogP contribution in [-0.2, 0) is 0 Å². The smallest absolute Gasteiger partial charge is 0.255 e. The number of aryl methyl sites for hydroxylation is 2. The number of rotatable bonds is 2. The molecule has 0 aliphatic carbocycles. The van der Waals surface area contributed by atoms with Crippen LogP contribution in [0.15, 0.2) is 36.7 Å². The lowest BCUT2D eigenvalue weighted by Crippen LogP contribution is -2.55. The highest BCUT2D eigenvalue weighted by Crippen LogP contribution is 2.16. The first-order chi connectivity index (χ1) is 12.0. The standard InChI is InChI=1S/C19H22N4O2/c1-13-4-6-16(10-20-13)18(24)22-8-9-23(15(3)12-22)19(25)17-7-5-14(2)21-11-17/h4-7,10-11,15H,8-9,12H2,1-3H3/t15-/m0/s1. The van der Waals surface area contributed by atoms with Crippen LogP contribution in [0.2, 0.25) is 0 Å². The summed E-state index contributed by atoms with van der Waals surface area (Å²) in [6.45, 7) is 7.28. The van der Waals surface area contributed by atoms with Gasteiger partial charge in [0.1, 0.15) is 0 Å². The molecule has 0 spiro atoms. The molecular formula is C19H22N4O2. The van der Waals surface area contributed by atoms with Gasteiger partial charge in [-0.1, -0.05) is 0 Å². The van der Waals surface area contributed by atoms with Gasteiger partial charge in [0, 0.05) is 49.5 Å². The molecule has 0 aromatic carbocycles. The minimum Gasteiger partial charge on any atom is -0.335 e. The lowest BCUT2D eigenvalue weighted by molar-refractivity contribution is 0.0414. The SMILES string of the molecule is Cc1ccc(C(=O)N2CCN(C(=O)c3ccc(C)nc3)[C@@H](C)C2)cn1. The third kappa shape index (κ3) is 3.68. The summed E-state index contributed by atoms with van der Waals surface area (Å²) in [7, 11) is 0. The average molecular weight is 338 g/mol.